The highest BCUT2D eigenvalue weighted by atomic mass is 16.6. The van der Waals surface area contributed by atoms with E-state index in [0.717, 1.165) is 0 Å². The first-order valence-electron chi connectivity index (χ1n) is 7.62. The molecule has 1 unspecified atom stereocenters. The molecule has 0 aromatic heterocycles. The van der Waals surface area contributed by atoms with Gasteiger partial charge in [-0.15, -0.1) is 0 Å². The number of nitro groups is 1. The van der Waals surface area contributed by atoms with Crippen LogP contribution in [-0.4, -0.2) is 54.4 Å². The molecule has 25 heavy (non-hydrogen) atoms. The van der Waals surface area contributed by atoms with Crippen molar-refractivity contribution in [1.82, 2.24) is 10.2 Å². The lowest BCUT2D eigenvalue weighted by molar-refractivity contribution is -0.384. The van der Waals surface area contributed by atoms with Crippen LogP contribution in [0.4, 0.5) is 5.69 Å². The van der Waals surface area contributed by atoms with Gasteiger partial charge in [-0.2, -0.15) is 0 Å². The smallest absolute Gasteiger partial charge is 0.310 e. The summed E-state index contributed by atoms with van der Waals surface area (Å²) in [6.07, 6.45) is 0. The summed E-state index contributed by atoms with van der Waals surface area (Å²) in [6, 6.07) is 5.34. The van der Waals surface area contributed by atoms with Crippen LogP contribution in [0.3, 0.4) is 0 Å². The number of hydrogen-bond donors (Lipinski definition) is 1. The number of benzene rings is 1. The second-order valence-electron chi connectivity index (χ2n) is 5.47. The van der Waals surface area contributed by atoms with Crippen molar-refractivity contribution in [1.29, 1.82) is 0 Å². The molecule has 0 bridgehead atoms. The number of non-ortho nitro benzene ring substituents is 1. The zero-order chi connectivity index (χ0) is 19.0. The molecule has 0 saturated carbocycles. The summed E-state index contributed by atoms with van der Waals surface area (Å²) in [7, 11) is 1.25. The molecule has 9 nitrogen and oxygen atoms in total. The predicted octanol–water partition coefficient (Wildman–Crippen LogP) is 0.982. The average molecular weight is 351 g/mol. The van der Waals surface area contributed by atoms with Crippen molar-refractivity contribution in [3.8, 4) is 0 Å². The van der Waals surface area contributed by atoms with E-state index in [-0.39, 0.29) is 36.8 Å². The Balaban J connectivity index is 2.97. The van der Waals surface area contributed by atoms with Gasteiger partial charge in [-0.05, 0) is 6.07 Å². The molecule has 1 N–H and O–H groups in total. The van der Waals surface area contributed by atoms with Crippen molar-refractivity contribution in [3.63, 3.8) is 0 Å². The Bertz CT molecular complexity index is 661. The van der Waals surface area contributed by atoms with Crippen molar-refractivity contribution in [3.05, 3.63) is 39.9 Å². The summed E-state index contributed by atoms with van der Waals surface area (Å²) in [5.74, 6) is -1.77. The van der Waals surface area contributed by atoms with Gasteiger partial charge in [-0.3, -0.25) is 24.5 Å². The highest BCUT2D eigenvalue weighted by molar-refractivity contribution is 5.95. The van der Waals surface area contributed by atoms with E-state index in [0.29, 0.717) is 0 Å². The summed E-state index contributed by atoms with van der Waals surface area (Å²) >= 11 is 0. The maximum absolute atomic E-state index is 12.7. The van der Waals surface area contributed by atoms with Crippen molar-refractivity contribution in [2.75, 3.05) is 26.7 Å². The molecule has 0 radical (unpaired) electrons. The van der Waals surface area contributed by atoms with Gasteiger partial charge in [0.25, 0.3) is 11.6 Å². The lowest BCUT2D eigenvalue weighted by Crippen LogP contribution is -2.41. The monoisotopic (exact) mass is 351 g/mol. The van der Waals surface area contributed by atoms with E-state index in [2.05, 4.69) is 10.1 Å². The standard InChI is InChI=1S/C16H21N3O6/c1-11(16(22)25-3)10-18(8-7-17-12(2)20)15(21)13-5-4-6-14(9-13)19(23)24/h4-6,9,11H,7-8,10H2,1-3H3,(H,17,20). The average Bonchev–Trinajstić information content (AvgIpc) is 2.59. The van der Waals surface area contributed by atoms with Crippen LogP contribution in [-0.2, 0) is 14.3 Å². The maximum atomic E-state index is 12.7. The number of ether oxygens (including phenoxy) is 1. The van der Waals surface area contributed by atoms with Crippen LogP contribution in [0.5, 0.6) is 0 Å². The quantitative estimate of drug-likeness (QED) is 0.424. The normalized spacial score (nSPS) is 11.3. The highest BCUT2D eigenvalue weighted by Crippen LogP contribution is 2.15. The van der Waals surface area contributed by atoms with Crippen LogP contribution in [0.15, 0.2) is 24.3 Å². The predicted molar refractivity (Wildman–Crippen MR) is 88.9 cm³/mol. The van der Waals surface area contributed by atoms with Gasteiger partial charge in [0.1, 0.15) is 0 Å². The van der Waals surface area contributed by atoms with E-state index < -0.39 is 22.7 Å². The molecular weight excluding hydrogens is 330 g/mol. The molecule has 1 aromatic carbocycles. The van der Waals surface area contributed by atoms with Gasteiger partial charge in [0, 0.05) is 44.3 Å². The number of carbonyl (C=O) groups is 3. The van der Waals surface area contributed by atoms with Crippen molar-refractivity contribution < 1.29 is 24.0 Å². The Hall–Kier alpha value is -2.97. The van der Waals surface area contributed by atoms with E-state index in [9.17, 15) is 24.5 Å². The summed E-state index contributed by atoms with van der Waals surface area (Å²) in [4.78, 5) is 46.9. The number of esters is 1. The minimum atomic E-state index is -0.588. The first kappa shape index (κ1) is 20.1. The highest BCUT2D eigenvalue weighted by Gasteiger charge is 2.23. The van der Waals surface area contributed by atoms with E-state index in [4.69, 9.17) is 0 Å². The first-order valence-corrected chi connectivity index (χ1v) is 7.62. The number of nitro benzene ring substituents is 1. The molecule has 1 aromatic rings. The van der Waals surface area contributed by atoms with Gasteiger partial charge < -0.3 is 15.0 Å². The van der Waals surface area contributed by atoms with Crippen LogP contribution in [0.1, 0.15) is 24.2 Å². The van der Waals surface area contributed by atoms with Crippen LogP contribution >= 0.6 is 0 Å². The maximum Gasteiger partial charge on any atom is 0.310 e. The minimum Gasteiger partial charge on any atom is -0.469 e. The molecule has 1 atom stereocenters. The Morgan fingerprint density at radius 3 is 2.60 bits per heavy atom. The third-order valence-corrected chi connectivity index (χ3v) is 3.44. The Kier molecular flexibility index (Phi) is 7.51. The lowest BCUT2D eigenvalue weighted by Gasteiger charge is -2.25. The number of carbonyl (C=O) groups excluding carboxylic acids is 3. The minimum absolute atomic E-state index is 0.0633. The van der Waals surface area contributed by atoms with E-state index in [1.54, 1.807) is 6.92 Å². The largest absolute Gasteiger partial charge is 0.469 e. The van der Waals surface area contributed by atoms with E-state index >= 15 is 0 Å². The fourth-order valence-electron chi connectivity index (χ4n) is 2.18. The zero-order valence-electron chi connectivity index (χ0n) is 14.4. The third-order valence-electron chi connectivity index (χ3n) is 3.44. The first-order chi connectivity index (χ1) is 11.8. The Morgan fingerprint density at radius 2 is 2.04 bits per heavy atom. The van der Waals surface area contributed by atoms with Crippen LogP contribution in [0, 0.1) is 16.0 Å². The second kappa shape index (κ2) is 9.36. The van der Waals surface area contributed by atoms with Gasteiger partial charge in [-0.1, -0.05) is 13.0 Å². The lowest BCUT2D eigenvalue weighted by atomic mass is 10.1. The van der Waals surface area contributed by atoms with Gasteiger partial charge in [0.2, 0.25) is 5.91 Å². The fraction of sp³-hybridized carbons (Fsp3) is 0.438. The number of hydrogen-bond acceptors (Lipinski definition) is 6. The molecule has 1 rings (SSSR count). The van der Waals surface area contributed by atoms with E-state index in [1.165, 1.54) is 43.2 Å². The second-order valence-corrected chi connectivity index (χ2v) is 5.47. The molecular formula is C16H21N3O6. The molecule has 136 valence electrons. The van der Waals surface area contributed by atoms with Crippen molar-refractivity contribution in [2.24, 2.45) is 5.92 Å². The van der Waals surface area contributed by atoms with Gasteiger partial charge in [-0.25, -0.2) is 0 Å². The SMILES string of the molecule is COC(=O)C(C)CN(CCNC(C)=O)C(=O)c1cccc([N+](=O)[O-])c1. The number of methoxy groups -OCH3 is 1. The van der Waals surface area contributed by atoms with Gasteiger partial charge >= 0.3 is 5.97 Å². The van der Waals surface area contributed by atoms with Crippen LogP contribution < -0.4 is 5.32 Å². The summed E-state index contributed by atoms with van der Waals surface area (Å²) < 4.78 is 4.66. The number of nitrogens with one attached hydrogen (secondary N) is 1. The number of nitrogens with zero attached hydrogens (tertiary/aromatic N) is 2. The molecule has 0 aliphatic carbocycles. The Morgan fingerprint density at radius 1 is 1.36 bits per heavy atom. The number of rotatable bonds is 8. The van der Waals surface area contributed by atoms with Gasteiger partial charge in [0.05, 0.1) is 18.0 Å². The molecule has 9 heteroatoms. The molecule has 0 fully saturated rings. The fourth-order valence-corrected chi connectivity index (χ4v) is 2.18. The van der Waals surface area contributed by atoms with Crippen molar-refractivity contribution >= 4 is 23.5 Å². The van der Waals surface area contributed by atoms with E-state index in [1.807, 2.05) is 0 Å². The zero-order valence-corrected chi connectivity index (χ0v) is 14.4. The summed E-state index contributed by atoms with van der Waals surface area (Å²) in [6.45, 7) is 3.38. The van der Waals surface area contributed by atoms with Crippen LogP contribution in [0.25, 0.3) is 0 Å². The Labute approximate surface area is 145 Å². The summed E-state index contributed by atoms with van der Waals surface area (Å²) in [5.41, 5.74) is -0.0669. The third kappa shape index (κ3) is 6.21. The number of amides is 2. The van der Waals surface area contributed by atoms with Crippen molar-refractivity contribution in [2.45, 2.75) is 13.8 Å². The molecule has 0 spiro atoms. The molecule has 2 amide bonds. The topological polar surface area (TPSA) is 119 Å². The molecule has 0 aliphatic heterocycles. The molecule has 0 heterocycles. The van der Waals surface area contributed by atoms with Gasteiger partial charge in [0.15, 0.2) is 0 Å². The molecule has 0 saturated heterocycles. The molecule has 0 aliphatic rings. The summed E-state index contributed by atoms with van der Waals surface area (Å²) in [5, 5.41) is 13.4. The van der Waals surface area contributed by atoms with Crippen LogP contribution in [0.2, 0.25) is 0 Å².